The normalized spacial score (nSPS) is 9.41. The van der Waals surface area contributed by atoms with E-state index >= 15 is 0 Å². The van der Waals surface area contributed by atoms with E-state index in [2.05, 4.69) is 17.9 Å². The molecule has 98 valence electrons. The number of aliphatic hydroxyl groups is 1. The minimum Gasteiger partial charge on any atom is -0.460 e. The highest BCUT2D eigenvalue weighted by Crippen LogP contribution is 2.06. The van der Waals surface area contributed by atoms with Crippen molar-refractivity contribution in [3.8, 4) is 0 Å². The monoisotopic (exact) mass is 244 g/mol. The van der Waals surface area contributed by atoms with Crippen LogP contribution in [0.15, 0.2) is 25.3 Å². The molecule has 0 heterocycles. The van der Waals surface area contributed by atoms with Crippen LogP contribution in [0.4, 0.5) is 0 Å². The molecule has 0 spiro atoms. The maximum Gasteiger partial charge on any atom is 0.330 e. The molecule has 0 amide bonds. The molecule has 0 aliphatic carbocycles. The minimum absolute atomic E-state index is 0.0465. The molecule has 5 nitrogen and oxygen atoms in total. The van der Waals surface area contributed by atoms with Crippen LogP contribution in [-0.2, 0) is 19.1 Å². The SMILES string of the molecule is C=CC(=O)OC(C)(C)C.C=CC(=O)OCCO. The Balaban J connectivity index is 0. The van der Waals surface area contributed by atoms with Gasteiger partial charge in [-0.05, 0) is 20.8 Å². The highest BCUT2D eigenvalue weighted by molar-refractivity contribution is 5.81. The number of hydrogen-bond donors (Lipinski definition) is 1. The van der Waals surface area contributed by atoms with Gasteiger partial charge in [0, 0.05) is 12.2 Å². The highest BCUT2D eigenvalue weighted by atomic mass is 16.6. The van der Waals surface area contributed by atoms with Crippen LogP contribution in [0, 0.1) is 0 Å². The van der Waals surface area contributed by atoms with Crippen molar-refractivity contribution in [2.45, 2.75) is 26.4 Å². The zero-order valence-corrected chi connectivity index (χ0v) is 10.6. The smallest absolute Gasteiger partial charge is 0.330 e. The van der Waals surface area contributed by atoms with E-state index in [0.717, 1.165) is 12.2 Å². The molecule has 0 saturated heterocycles. The Bertz CT molecular complexity index is 263. The maximum absolute atomic E-state index is 10.5. The van der Waals surface area contributed by atoms with Gasteiger partial charge in [-0.3, -0.25) is 0 Å². The Kier molecular flexibility index (Phi) is 10.0. The summed E-state index contributed by atoms with van der Waals surface area (Å²) in [5, 5.41) is 8.10. The van der Waals surface area contributed by atoms with Gasteiger partial charge in [0.25, 0.3) is 0 Å². The molecule has 0 aromatic heterocycles. The van der Waals surface area contributed by atoms with Crippen molar-refractivity contribution in [2.75, 3.05) is 13.2 Å². The molecule has 1 N–H and O–H groups in total. The highest BCUT2D eigenvalue weighted by Gasteiger charge is 2.12. The van der Waals surface area contributed by atoms with Crippen molar-refractivity contribution in [1.82, 2.24) is 0 Å². The van der Waals surface area contributed by atoms with Gasteiger partial charge >= 0.3 is 11.9 Å². The van der Waals surface area contributed by atoms with E-state index in [0.29, 0.717) is 0 Å². The molecule has 0 radical (unpaired) electrons. The third kappa shape index (κ3) is 17.0. The molecule has 0 unspecified atom stereocenters. The number of hydrogen-bond acceptors (Lipinski definition) is 5. The number of aliphatic hydroxyl groups excluding tert-OH is 1. The van der Waals surface area contributed by atoms with Gasteiger partial charge in [-0.1, -0.05) is 13.2 Å². The van der Waals surface area contributed by atoms with E-state index in [4.69, 9.17) is 9.84 Å². The van der Waals surface area contributed by atoms with Crippen molar-refractivity contribution in [2.24, 2.45) is 0 Å². The maximum atomic E-state index is 10.5. The van der Waals surface area contributed by atoms with E-state index in [1.807, 2.05) is 20.8 Å². The van der Waals surface area contributed by atoms with Gasteiger partial charge in [-0.15, -0.1) is 0 Å². The molecular formula is C12H20O5. The van der Waals surface area contributed by atoms with Crippen molar-refractivity contribution in [3.63, 3.8) is 0 Å². The molecule has 5 heteroatoms. The van der Waals surface area contributed by atoms with Crippen LogP contribution in [0.3, 0.4) is 0 Å². The second-order valence-corrected chi connectivity index (χ2v) is 3.83. The van der Waals surface area contributed by atoms with E-state index in [-0.39, 0.29) is 19.2 Å². The molecule has 17 heavy (non-hydrogen) atoms. The summed E-state index contributed by atoms with van der Waals surface area (Å²) < 4.78 is 9.16. The standard InChI is InChI=1S/C7H12O2.C5H8O3/c1-5-6(8)9-7(2,3)4;1-2-5(7)8-4-3-6/h5H,1H2,2-4H3;2,6H,1,3-4H2. The first-order valence-electron chi connectivity index (χ1n) is 5.02. The summed E-state index contributed by atoms with van der Waals surface area (Å²) >= 11 is 0. The largest absolute Gasteiger partial charge is 0.460 e. The van der Waals surface area contributed by atoms with Crippen LogP contribution in [0.5, 0.6) is 0 Å². The van der Waals surface area contributed by atoms with Gasteiger partial charge in [0.15, 0.2) is 0 Å². The predicted molar refractivity (Wildman–Crippen MR) is 64.3 cm³/mol. The third-order valence-corrected chi connectivity index (χ3v) is 1.08. The quantitative estimate of drug-likeness (QED) is 0.594. The summed E-state index contributed by atoms with van der Waals surface area (Å²) in [5.41, 5.74) is -0.398. The van der Waals surface area contributed by atoms with Gasteiger partial charge in [-0.2, -0.15) is 0 Å². The number of ether oxygens (including phenoxy) is 2. The topological polar surface area (TPSA) is 72.8 Å². The van der Waals surface area contributed by atoms with Crippen LogP contribution in [-0.4, -0.2) is 35.9 Å². The van der Waals surface area contributed by atoms with Gasteiger partial charge < -0.3 is 14.6 Å². The molecule has 0 atom stereocenters. The molecule has 0 rings (SSSR count). The molecule has 0 fully saturated rings. The van der Waals surface area contributed by atoms with Crippen LogP contribution >= 0.6 is 0 Å². The predicted octanol–water partition coefficient (Wildman–Crippen LogP) is 1.22. The summed E-state index contributed by atoms with van der Waals surface area (Å²) in [6.07, 6.45) is 2.21. The van der Waals surface area contributed by atoms with E-state index in [1.165, 1.54) is 0 Å². The number of carbonyl (C=O) groups is 2. The lowest BCUT2D eigenvalue weighted by Crippen LogP contribution is -2.22. The Morgan fingerprint density at radius 2 is 1.65 bits per heavy atom. The number of carbonyl (C=O) groups excluding carboxylic acids is 2. The van der Waals surface area contributed by atoms with E-state index in [9.17, 15) is 9.59 Å². The summed E-state index contributed by atoms with van der Waals surface area (Å²) in [6.45, 7) is 11.8. The lowest BCUT2D eigenvalue weighted by molar-refractivity contribution is -0.148. The first-order valence-corrected chi connectivity index (χ1v) is 5.02. The van der Waals surface area contributed by atoms with Crippen LogP contribution in [0.25, 0.3) is 0 Å². The second kappa shape index (κ2) is 9.59. The van der Waals surface area contributed by atoms with E-state index < -0.39 is 11.6 Å². The van der Waals surface area contributed by atoms with Gasteiger partial charge in [0.05, 0.1) is 6.61 Å². The Labute approximate surface area is 102 Å². The average molecular weight is 244 g/mol. The summed E-state index contributed by atoms with van der Waals surface area (Å²) in [5.74, 6) is -0.874. The first-order chi connectivity index (χ1) is 7.76. The van der Waals surface area contributed by atoms with E-state index in [1.54, 1.807) is 0 Å². The van der Waals surface area contributed by atoms with Crippen molar-refractivity contribution < 1.29 is 24.2 Å². The van der Waals surface area contributed by atoms with Gasteiger partial charge in [0.2, 0.25) is 0 Å². The van der Waals surface area contributed by atoms with Gasteiger partial charge in [0.1, 0.15) is 12.2 Å². The fourth-order valence-electron chi connectivity index (χ4n) is 0.549. The Hall–Kier alpha value is -1.62. The Morgan fingerprint density at radius 1 is 1.18 bits per heavy atom. The average Bonchev–Trinajstić information content (AvgIpc) is 2.24. The van der Waals surface area contributed by atoms with Crippen molar-refractivity contribution in [3.05, 3.63) is 25.3 Å². The summed E-state index contributed by atoms with van der Waals surface area (Å²) in [7, 11) is 0. The second-order valence-electron chi connectivity index (χ2n) is 3.83. The lowest BCUT2D eigenvalue weighted by Gasteiger charge is -2.17. The zero-order chi connectivity index (χ0) is 13.9. The number of esters is 2. The summed E-state index contributed by atoms with van der Waals surface area (Å²) in [6, 6.07) is 0. The fraction of sp³-hybridized carbons (Fsp3) is 0.500. The summed E-state index contributed by atoms with van der Waals surface area (Å²) in [4.78, 5) is 20.6. The molecule has 0 bridgehead atoms. The first kappa shape index (κ1) is 17.8. The molecule has 0 aromatic carbocycles. The van der Waals surface area contributed by atoms with Gasteiger partial charge in [-0.25, -0.2) is 9.59 Å². The molecule has 0 saturated carbocycles. The molecule has 0 aromatic rings. The molecule has 0 aliphatic heterocycles. The molecule has 0 aliphatic rings. The van der Waals surface area contributed by atoms with Crippen molar-refractivity contribution in [1.29, 1.82) is 0 Å². The van der Waals surface area contributed by atoms with Crippen molar-refractivity contribution >= 4 is 11.9 Å². The number of rotatable bonds is 4. The molecular weight excluding hydrogens is 224 g/mol. The Morgan fingerprint density at radius 3 is 1.88 bits per heavy atom. The van der Waals surface area contributed by atoms with Crippen LogP contribution in [0.2, 0.25) is 0 Å². The minimum atomic E-state index is -0.501. The van der Waals surface area contributed by atoms with Crippen LogP contribution < -0.4 is 0 Å². The fourth-order valence-corrected chi connectivity index (χ4v) is 0.549. The third-order valence-electron chi connectivity index (χ3n) is 1.08. The lowest BCUT2D eigenvalue weighted by atomic mass is 10.2. The zero-order valence-electron chi connectivity index (χ0n) is 10.6. The van der Waals surface area contributed by atoms with Crippen LogP contribution in [0.1, 0.15) is 20.8 Å².